The summed E-state index contributed by atoms with van der Waals surface area (Å²) in [6, 6.07) is 1.82. The maximum Gasteiger partial charge on any atom is 0.226 e. The standard InChI is InChI=1S/C15H21NO3S/c1-11(17)14-7-12(10-20-14)8-15(18)16(2)9-13-5-3-4-6-19-13/h7,10,13H,3-6,8-9H2,1-2H3. The number of nitrogens with zero attached hydrogens (tertiary/aromatic N) is 1. The van der Waals surface area contributed by atoms with E-state index in [2.05, 4.69) is 0 Å². The Labute approximate surface area is 123 Å². The number of thiophene rings is 1. The van der Waals surface area contributed by atoms with E-state index in [1.54, 1.807) is 11.8 Å². The van der Waals surface area contributed by atoms with Crippen molar-refractivity contribution >= 4 is 23.0 Å². The molecule has 2 rings (SSSR count). The van der Waals surface area contributed by atoms with Gasteiger partial charge in [0.25, 0.3) is 0 Å². The second-order valence-corrected chi connectivity index (χ2v) is 6.23. The number of carbonyl (C=O) groups excluding carboxylic acids is 2. The van der Waals surface area contributed by atoms with Crippen LogP contribution >= 0.6 is 11.3 Å². The minimum absolute atomic E-state index is 0.0534. The van der Waals surface area contributed by atoms with Crippen LogP contribution in [-0.2, 0) is 16.0 Å². The molecule has 0 N–H and O–H groups in total. The molecule has 1 saturated heterocycles. The molecule has 1 unspecified atom stereocenters. The van der Waals surface area contributed by atoms with E-state index >= 15 is 0 Å². The molecule has 110 valence electrons. The van der Waals surface area contributed by atoms with Gasteiger partial charge in [-0.15, -0.1) is 11.3 Å². The lowest BCUT2D eigenvalue weighted by Crippen LogP contribution is -2.37. The fourth-order valence-electron chi connectivity index (χ4n) is 2.32. The summed E-state index contributed by atoms with van der Waals surface area (Å²) in [7, 11) is 1.82. The molecule has 1 aromatic heterocycles. The number of amides is 1. The number of hydrogen-bond donors (Lipinski definition) is 0. The molecule has 0 aliphatic carbocycles. The maximum absolute atomic E-state index is 12.2. The fourth-order valence-corrected chi connectivity index (χ4v) is 3.14. The highest BCUT2D eigenvalue weighted by atomic mass is 32.1. The predicted octanol–water partition coefficient (Wildman–Crippen LogP) is 2.52. The Morgan fingerprint density at radius 1 is 1.45 bits per heavy atom. The molecule has 1 atom stereocenters. The van der Waals surface area contributed by atoms with E-state index in [0.29, 0.717) is 17.8 Å². The first-order valence-corrected chi connectivity index (χ1v) is 7.88. The zero-order valence-electron chi connectivity index (χ0n) is 12.1. The molecule has 0 aromatic carbocycles. The van der Waals surface area contributed by atoms with Crippen LogP contribution < -0.4 is 0 Å². The Hall–Kier alpha value is -1.20. The Morgan fingerprint density at radius 2 is 2.25 bits per heavy atom. The normalized spacial score (nSPS) is 18.8. The van der Waals surface area contributed by atoms with E-state index in [1.165, 1.54) is 17.8 Å². The van der Waals surface area contributed by atoms with Crippen molar-refractivity contribution in [3.8, 4) is 0 Å². The van der Waals surface area contributed by atoms with E-state index < -0.39 is 0 Å². The molecular weight excluding hydrogens is 274 g/mol. The summed E-state index contributed by atoms with van der Waals surface area (Å²) in [5.74, 6) is 0.129. The quantitative estimate of drug-likeness (QED) is 0.784. The zero-order valence-corrected chi connectivity index (χ0v) is 12.9. The van der Waals surface area contributed by atoms with Crippen molar-refractivity contribution in [2.24, 2.45) is 0 Å². The summed E-state index contributed by atoms with van der Waals surface area (Å²) in [6.07, 6.45) is 3.86. The van der Waals surface area contributed by atoms with Gasteiger partial charge in [-0.1, -0.05) is 0 Å². The highest BCUT2D eigenvalue weighted by Gasteiger charge is 2.19. The molecule has 5 heteroatoms. The third-order valence-electron chi connectivity index (χ3n) is 3.53. The molecular formula is C15H21NO3S. The van der Waals surface area contributed by atoms with E-state index in [1.807, 2.05) is 18.5 Å². The second kappa shape index (κ2) is 6.99. The minimum Gasteiger partial charge on any atom is -0.376 e. The molecule has 20 heavy (non-hydrogen) atoms. The largest absolute Gasteiger partial charge is 0.376 e. The number of likely N-dealkylation sites (N-methyl/N-ethyl adjacent to an activating group) is 1. The van der Waals surface area contributed by atoms with Crippen molar-refractivity contribution in [2.75, 3.05) is 20.2 Å². The summed E-state index contributed by atoms with van der Waals surface area (Å²) < 4.78 is 5.65. The fraction of sp³-hybridized carbons (Fsp3) is 0.600. The lowest BCUT2D eigenvalue weighted by atomic mass is 10.1. The summed E-state index contributed by atoms with van der Waals surface area (Å²) >= 11 is 1.40. The highest BCUT2D eigenvalue weighted by Crippen LogP contribution is 2.17. The van der Waals surface area contributed by atoms with Gasteiger partial charge in [-0.25, -0.2) is 0 Å². The van der Waals surface area contributed by atoms with Crippen LogP contribution in [0.2, 0.25) is 0 Å². The lowest BCUT2D eigenvalue weighted by molar-refractivity contribution is -0.131. The monoisotopic (exact) mass is 295 g/mol. The van der Waals surface area contributed by atoms with Gasteiger partial charge in [0.2, 0.25) is 5.91 Å². The van der Waals surface area contributed by atoms with Crippen molar-refractivity contribution in [3.63, 3.8) is 0 Å². The Balaban J connectivity index is 1.84. The van der Waals surface area contributed by atoms with Crippen molar-refractivity contribution in [1.29, 1.82) is 0 Å². The van der Waals surface area contributed by atoms with Crippen LogP contribution in [0.4, 0.5) is 0 Å². The van der Waals surface area contributed by atoms with Crippen LogP contribution in [0.15, 0.2) is 11.4 Å². The molecule has 0 bridgehead atoms. The van der Waals surface area contributed by atoms with E-state index in [-0.39, 0.29) is 17.8 Å². The number of rotatable bonds is 5. The molecule has 4 nitrogen and oxygen atoms in total. The zero-order chi connectivity index (χ0) is 14.5. The molecule has 1 aliphatic heterocycles. The van der Waals surface area contributed by atoms with Gasteiger partial charge in [-0.3, -0.25) is 9.59 Å². The van der Waals surface area contributed by atoms with Gasteiger partial charge < -0.3 is 9.64 Å². The molecule has 1 fully saturated rings. The number of hydrogen-bond acceptors (Lipinski definition) is 4. The molecule has 0 spiro atoms. The van der Waals surface area contributed by atoms with Crippen LogP contribution in [0.5, 0.6) is 0 Å². The number of ketones is 1. The first-order chi connectivity index (χ1) is 9.56. The number of carbonyl (C=O) groups is 2. The van der Waals surface area contributed by atoms with Crippen molar-refractivity contribution in [2.45, 2.75) is 38.7 Å². The lowest BCUT2D eigenvalue weighted by Gasteiger charge is -2.27. The van der Waals surface area contributed by atoms with E-state index in [0.717, 1.165) is 25.0 Å². The van der Waals surface area contributed by atoms with Gasteiger partial charge in [0.1, 0.15) is 0 Å². The van der Waals surface area contributed by atoms with Gasteiger partial charge >= 0.3 is 0 Å². The molecule has 1 amide bonds. The predicted molar refractivity (Wildman–Crippen MR) is 79.3 cm³/mol. The van der Waals surface area contributed by atoms with Crippen LogP contribution in [0.1, 0.15) is 41.4 Å². The van der Waals surface area contributed by atoms with Gasteiger partial charge in [0.05, 0.1) is 17.4 Å². The average Bonchev–Trinajstić information content (AvgIpc) is 2.88. The second-order valence-electron chi connectivity index (χ2n) is 5.32. The summed E-state index contributed by atoms with van der Waals surface area (Å²) in [6.45, 7) is 3.01. The number of Topliss-reactive ketones (excluding diaryl/α,β-unsaturated/α-hetero) is 1. The Kier molecular flexibility index (Phi) is 5.31. The molecule has 1 aliphatic rings. The Bertz CT molecular complexity index is 477. The van der Waals surface area contributed by atoms with Gasteiger partial charge in [0.15, 0.2) is 5.78 Å². The smallest absolute Gasteiger partial charge is 0.226 e. The van der Waals surface area contributed by atoms with Crippen molar-refractivity contribution in [3.05, 3.63) is 21.9 Å². The van der Waals surface area contributed by atoms with Crippen LogP contribution in [-0.4, -0.2) is 42.9 Å². The van der Waals surface area contributed by atoms with Crippen LogP contribution in [0, 0.1) is 0 Å². The molecule has 0 radical (unpaired) electrons. The van der Waals surface area contributed by atoms with Crippen molar-refractivity contribution in [1.82, 2.24) is 4.90 Å². The maximum atomic E-state index is 12.2. The first kappa shape index (κ1) is 15.2. The van der Waals surface area contributed by atoms with Gasteiger partial charge in [-0.05, 0) is 43.2 Å². The Morgan fingerprint density at radius 3 is 2.85 bits per heavy atom. The summed E-state index contributed by atoms with van der Waals surface area (Å²) in [5.41, 5.74) is 0.918. The van der Waals surface area contributed by atoms with Crippen LogP contribution in [0.25, 0.3) is 0 Å². The van der Waals surface area contributed by atoms with Crippen molar-refractivity contribution < 1.29 is 14.3 Å². The van der Waals surface area contributed by atoms with E-state index in [9.17, 15) is 9.59 Å². The summed E-state index contributed by atoms with van der Waals surface area (Å²) in [4.78, 5) is 25.8. The average molecular weight is 295 g/mol. The van der Waals surface area contributed by atoms with Crippen LogP contribution in [0.3, 0.4) is 0 Å². The minimum atomic E-state index is 0.0534. The highest BCUT2D eigenvalue weighted by molar-refractivity contribution is 7.12. The third kappa shape index (κ3) is 4.15. The molecule has 2 heterocycles. The van der Waals surface area contributed by atoms with Gasteiger partial charge in [-0.2, -0.15) is 0 Å². The first-order valence-electron chi connectivity index (χ1n) is 7.00. The molecule has 1 aromatic rings. The molecule has 0 saturated carbocycles. The third-order valence-corrected chi connectivity index (χ3v) is 4.61. The number of ether oxygens (including phenoxy) is 1. The van der Waals surface area contributed by atoms with Gasteiger partial charge in [0, 0.05) is 20.2 Å². The van der Waals surface area contributed by atoms with E-state index in [4.69, 9.17) is 4.74 Å². The summed E-state index contributed by atoms with van der Waals surface area (Å²) in [5, 5.41) is 1.89. The topological polar surface area (TPSA) is 46.6 Å². The SMILES string of the molecule is CC(=O)c1cc(CC(=O)N(C)CC2CCCCO2)cs1.